The lowest BCUT2D eigenvalue weighted by atomic mass is 10.0. The molecular weight excluding hydrogens is 215 g/mol. The highest BCUT2D eigenvalue weighted by Crippen LogP contribution is 2.18. The van der Waals surface area contributed by atoms with Crippen LogP contribution in [0, 0.1) is 12.7 Å². The van der Waals surface area contributed by atoms with Crippen molar-refractivity contribution in [2.75, 3.05) is 19.6 Å². The van der Waals surface area contributed by atoms with Crippen LogP contribution >= 0.6 is 12.4 Å². The van der Waals surface area contributed by atoms with E-state index in [4.69, 9.17) is 0 Å². The zero-order valence-corrected chi connectivity index (χ0v) is 9.53. The van der Waals surface area contributed by atoms with Crippen molar-refractivity contribution in [2.24, 2.45) is 0 Å². The van der Waals surface area contributed by atoms with Gasteiger partial charge < -0.3 is 10.6 Å². The molecule has 1 atom stereocenters. The van der Waals surface area contributed by atoms with E-state index in [1.165, 1.54) is 0 Å². The van der Waals surface area contributed by atoms with Gasteiger partial charge in [0.25, 0.3) is 0 Å². The molecule has 1 fully saturated rings. The summed E-state index contributed by atoms with van der Waals surface area (Å²) in [6, 6.07) is 5.37. The summed E-state index contributed by atoms with van der Waals surface area (Å²) in [5.74, 6) is -0.114. The van der Waals surface area contributed by atoms with Gasteiger partial charge in [-0.15, -0.1) is 12.4 Å². The summed E-state index contributed by atoms with van der Waals surface area (Å²) in [6.45, 7) is 4.65. The largest absolute Gasteiger partial charge is 0.314 e. The van der Waals surface area contributed by atoms with Gasteiger partial charge in [-0.25, -0.2) is 4.39 Å². The zero-order chi connectivity index (χ0) is 9.97. The Morgan fingerprint density at radius 3 is 2.80 bits per heavy atom. The van der Waals surface area contributed by atoms with Gasteiger partial charge in [0.2, 0.25) is 0 Å². The number of aryl methyl sites for hydroxylation is 1. The Bertz CT molecular complexity index is 324. The average Bonchev–Trinajstić information content (AvgIpc) is 2.23. The number of nitrogens with one attached hydrogen (secondary N) is 2. The normalized spacial score (nSPS) is 20.8. The van der Waals surface area contributed by atoms with Crippen molar-refractivity contribution >= 4 is 12.4 Å². The standard InChI is InChI=1S/C11H15FN2.ClH/c1-8-2-3-10(12)9(6-8)11-7-13-4-5-14-11;/h2-3,6,11,13-14H,4-5,7H2,1H3;1H/t11-;/m1./s1. The molecule has 0 aromatic heterocycles. The second-order valence-corrected chi connectivity index (χ2v) is 3.74. The van der Waals surface area contributed by atoms with Crippen LogP contribution in [0.2, 0.25) is 0 Å². The number of hydrogen-bond donors (Lipinski definition) is 2. The highest BCUT2D eigenvalue weighted by molar-refractivity contribution is 5.85. The van der Waals surface area contributed by atoms with E-state index >= 15 is 0 Å². The monoisotopic (exact) mass is 230 g/mol. The van der Waals surface area contributed by atoms with Gasteiger partial charge >= 0.3 is 0 Å². The van der Waals surface area contributed by atoms with Gasteiger partial charge in [0.05, 0.1) is 0 Å². The van der Waals surface area contributed by atoms with E-state index < -0.39 is 0 Å². The van der Waals surface area contributed by atoms with Gasteiger partial charge in [-0.3, -0.25) is 0 Å². The Morgan fingerprint density at radius 1 is 1.33 bits per heavy atom. The fourth-order valence-electron chi connectivity index (χ4n) is 1.80. The predicted octanol–water partition coefficient (Wildman–Crippen LogP) is 1.79. The molecule has 4 heteroatoms. The van der Waals surface area contributed by atoms with Crippen LogP contribution in [0.4, 0.5) is 4.39 Å². The molecule has 0 radical (unpaired) electrons. The molecule has 2 nitrogen and oxygen atoms in total. The topological polar surface area (TPSA) is 24.1 Å². The maximum absolute atomic E-state index is 13.5. The fraction of sp³-hybridized carbons (Fsp3) is 0.455. The zero-order valence-electron chi connectivity index (χ0n) is 8.72. The minimum Gasteiger partial charge on any atom is -0.314 e. The molecule has 0 amide bonds. The lowest BCUT2D eigenvalue weighted by molar-refractivity contribution is 0.416. The van der Waals surface area contributed by atoms with Crippen molar-refractivity contribution < 1.29 is 4.39 Å². The molecule has 1 saturated heterocycles. The molecule has 0 unspecified atom stereocenters. The molecule has 0 spiro atoms. The van der Waals surface area contributed by atoms with Crippen molar-refractivity contribution in [3.05, 3.63) is 35.1 Å². The summed E-state index contributed by atoms with van der Waals surface area (Å²) in [4.78, 5) is 0. The first kappa shape index (κ1) is 12.4. The minimum atomic E-state index is -0.114. The average molecular weight is 231 g/mol. The van der Waals surface area contributed by atoms with Crippen LogP contribution in [0.1, 0.15) is 17.2 Å². The van der Waals surface area contributed by atoms with Gasteiger partial charge in [-0.2, -0.15) is 0 Å². The fourth-order valence-corrected chi connectivity index (χ4v) is 1.80. The minimum absolute atomic E-state index is 0. The Hall–Kier alpha value is -0.640. The molecule has 1 aromatic rings. The Balaban J connectivity index is 0.00000112. The summed E-state index contributed by atoms with van der Waals surface area (Å²) >= 11 is 0. The van der Waals surface area contributed by atoms with E-state index in [0.717, 1.165) is 30.8 Å². The van der Waals surface area contributed by atoms with Gasteiger partial charge in [0.15, 0.2) is 0 Å². The van der Waals surface area contributed by atoms with Crippen molar-refractivity contribution in [3.63, 3.8) is 0 Å². The Labute approximate surface area is 95.7 Å². The number of hydrogen-bond acceptors (Lipinski definition) is 2. The van der Waals surface area contributed by atoms with Gasteiger partial charge in [-0.1, -0.05) is 17.7 Å². The molecule has 0 saturated carbocycles. The van der Waals surface area contributed by atoms with E-state index in [9.17, 15) is 4.39 Å². The summed E-state index contributed by atoms with van der Waals surface area (Å²) in [5, 5.41) is 6.55. The Kier molecular flexibility index (Phi) is 4.51. The van der Waals surface area contributed by atoms with E-state index in [1.807, 2.05) is 13.0 Å². The lowest BCUT2D eigenvalue weighted by Crippen LogP contribution is -2.42. The summed E-state index contributed by atoms with van der Waals surface area (Å²) in [7, 11) is 0. The molecular formula is C11H16ClFN2. The number of halogens is 2. The second-order valence-electron chi connectivity index (χ2n) is 3.74. The molecule has 1 aliphatic heterocycles. The molecule has 0 bridgehead atoms. The molecule has 84 valence electrons. The van der Waals surface area contributed by atoms with Crippen LogP contribution in [0.3, 0.4) is 0 Å². The van der Waals surface area contributed by atoms with E-state index in [0.29, 0.717) is 0 Å². The second kappa shape index (κ2) is 5.45. The number of piperazine rings is 1. The van der Waals surface area contributed by atoms with Crippen molar-refractivity contribution in [1.29, 1.82) is 0 Å². The van der Waals surface area contributed by atoms with Crippen LogP contribution < -0.4 is 10.6 Å². The van der Waals surface area contributed by atoms with Crippen LogP contribution in [0.15, 0.2) is 18.2 Å². The highest BCUT2D eigenvalue weighted by atomic mass is 35.5. The molecule has 2 N–H and O–H groups in total. The quantitative estimate of drug-likeness (QED) is 0.769. The van der Waals surface area contributed by atoms with Crippen LogP contribution in [-0.2, 0) is 0 Å². The van der Waals surface area contributed by atoms with Crippen LogP contribution in [-0.4, -0.2) is 19.6 Å². The van der Waals surface area contributed by atoms with Crippen LogP contribution in [0.25, 0.3) is 0 Å². The first-order chi connectivity index (χ1) is 6.77. The molecule has 2 rings (SSSR count). The van der Waals surface area contributed by atoms with Crippen molar-refractivity contribution in [3.8, 4) is 0 Å². The number of rotatable bonds is 1. The van der Waals surface area contributed by atoms with Crippen molar-refractivity contribution in [2.45, 2.75) is 13.0 Å². The SMILES string of the molecule is Cc1ccc(F)c([C@H]2CNCCN2)c1.Cl. The third-order valence-corrected chi connectivity index (χ3v) is 2.57. The molecule has 1 aliphatic rings. The summed E-state index contributed by atoms with van der Waals surface area (Å²) in [6.07, 6.45) is 0. The number of benzene rings is 1. The summed E-state index contributed by atoms with van der Waals surface area (Å²) in [5.41, 5.74) is 1.88. The highest BCUT2D eigenvalue weighted by Gasteiger charge is 2.17. The maximum atomic E-state index is 13.5. The van der Waals surface area contributed by atoms with Gasteiger partial charge in [-0.05, 0) is 13.0 Å². The molecule has 15 heavy (non-hydrogen) atoms. The third kappa shape index (κ3) is 2.91. The lowest BCUT2D eigenvalue weighted by Gasteiger charge is -2.25. The maximum Gasteiger partial charge on any atom is 0.128 e. The van der Waals surface area contributed by atoms with Gasteiger partial charge in [0.1, 0.15) is 5.82 Å². The first-order valence-corrected chi connectivity index (χ1v) is 4.97. The first-order valence-electron chi connectivity index (χ1n) is 4.97. The third-order valence-electron chi connectivity index (χ3n) is 2.57. The van der Waals surface area contributed by atoms with Crippen molar-refractivity contribution in [1.82, 2.24) is 10.6 Å². The molecule has 1 aromatic carbocycles. The van der Waals surface area contributed by atoms with E-state index in [-0.39, 0.29) is 24.3 Å². The van der Waals surface area contributed by atoms with E-state index in [2.05, 4.69) is 10.6 Å². The van der Waals surface area contributed by atoms with Crippen LogP contribution in [0.5, 0.6) is 0 Å². The summed E-state index contributed by atoms with van der Waals surface area (Å²) < 4.78 is 13.5. The Morgan fingerprint density at radius 2 is 2.13 bits per heavy atom. The smallest absolute Gasteiger partial charge is 0.128 e. The van der Waals surface area contributed by atoms with E-state index in [1.54, 1.807) is 12.1 Å². The molecule has 1 heterocycles. The predicted molar refractivity (Wildman–Crippen MR) is 62.0 cm³/mol. The van der Waals surface area contributed by atoms with Gasteiger partial charge in [0, 0.05) is 31.2 Å². The molecule has 0 aliphatic carbocycles.